The van der Waals surface area contributed by atoms with Gasteiger partial charge in [-0.25, -0.2) is 0 Å². The quantitative estimate of drug-likeness (QED) is 0.398. The van der Waals surface area contributed by atoms with Gasteiger partial charge in [0.25, 0.3) is 0 Å². The number of hydrogen-bond acceptors (Lipinski definition) is 2. The van der Waals surface area contributed by atoms with E-state index in [0.29, 0.717) is 11.4 Å². The summed E-state index contributed by atoms with van der Waals surface area (Å²) in [5.41, 5.74) is 3.97. The largest absolute Gasteiger partial charge is 0.380 e. The van der Waals surface area contributed by atoms with E-state index in [9.17, 15) is 5.11 Å². The molecule has 5 rings (SSSR count). The minimum Gasteiger partial charge on any atom is -0.380 e. The molecule has 30 heavy (non-hydrogen) atoms. The summed E-state index contributed by atoms with van der Waals surface area (Å²) in [7, 11) is 0. The number of halogens is 1. The maximum absolute atomic E-state index is 12.1. The second-order valence-electron chi connectivity index (χ2n) is 7.72. The Morgan fingerprint density at radius 1 is 0.733 bits per heavy atom. The summed E-state index contributed by atoms with van der Waals surface area (Å²) in [6.45, 7) is 0. The normalized spacial score (nSPS) is 20.6. The van der Waals surface area contributed by atoms with E-state index in [0.717, 1.165) is 28.1 Å². The Morgan fingerprint density at radius 2 is 1.33 bits per heavy atom. The van der Waals surface area contributed by atoms with Crippen molar-refractivity contribution in [3.05, 3.63) is 131 Å². The highest BCUT2D eigenvalue weighted by molar-refractivity contribution is 6.30. The van der Waals surface area contributed by atoms with Crippen molar-refractivity contribution in [2.75, 3.05) is 4.90 Å². The van der Waals surface area contributed by atoms with Crippen LogP contribution < -0.4 is 4.90 Å². The first-order valence-electron chi connectivity index (χ1n) is 10.1. The Bertz CT molecular complexity index is 1140. The molecule has 0 unspecified atom stereocenters. The van der Waals surface area contributed by atoms with E-state index in [-0.39, 0.29) is 6.04 Å². The molecule has 0 saturated carbocycles. The molecule has 2 nitrogen and oxygen atoms in total. The summed E-state index contributed by atoms with van der Waals surface area (Å²) in [6, 6.07) is 36.4. The molecular formula is C27H22ClNO. The molecule has 1 N–H and O–H groups in total. The van der Waals surface area contributed by atoms with E-state index in [1.807, 2.05) is 66.7 Å². The van der Waals surface area contributed by atoms with Crippen LogP contribution in [-0.4, -0.2) is 5.11 Å². The van der Waals surface area contributed by atoms with Crippen molar-refractivity contribution in [1.82, 2.24) is 0 Å². The summed E-state index contributed by atoms with van der Waals surface area (Å²) in [5, 5.41) is 12.8. The zero-order valence-electron chi connectivity index (χ0n) is 16.4. The number of benzene rings is 4. The maximum Gasteiger partial charge on any atom is 0.119 e. The number of rotatable bonds is 3. The standard InChI is InChI=1S/C27H22ClNO/c28-22-17-15-20(16-18-22)26-19-27(30,21-9-3-1-4-10-21)24-13-7-8-14-25(24)29(26)23-11-5-2-6-12-23/h1-18,26,30H,19H2/t26-,27-/m0/s1. The van der Waals surface area contributed by atoms with Gasteiger partial charge >= 0.3 is 0 Å². The second kappa shape index (κ2) is 7.64. The van der Waals surface area contributed by atoms with Crippen LogP contribution in [0.1, 0.15) is 29.2 Å². The van der Waals surface area contributed by atoms with Crippen molar-refractivity contribution in [3.63, 3.8) is 0 Å². The minimum atomic E-state index is -1.09. The number of fused-ring (bicyclic) bond motifs is 1. The molecule has 2 atom stereocenters. The van der Waals surface area contributed by atoms with Gasteiger partial charge in [-0.1, -0.05) is 90.5 Å². The molecule has 148 valence electrons. The van der Waals surface area contributed by atoms with Gasteiger partial charge in [0.1, 0.15) is 5.60 Å². The predicted molar refractivity (Wildman–Crippen MR) is 123 cm³/mol. The average molecular weight is 412 g/mol. The Morgan fingerprint density at radius 3 is 2.03 bits per heavy atom. The van der Waals surface area contributed by atoms with Crippen LogP contribution in [-0.2, 0) is 5.60 Å². The molecular weight excluding hydrogens is 390 g/mol. The number of anilines is 2. The Balaban J connectivity index is 1.75. The average Bonchev–Trinajstić information content (AvgIpc) is 2.81. The maximum atomic E-state index is 12.1. The summed E-state index contributed by atoms with van der Waals surface area (Å²) in [5.74, 6) is 0. The molecule has 1 heterocycles. The molecule has 1 aliphatic rings. The molecule has 0 aromatic heterocycles. The summed E-state index contributed by atoms with van der Waals surface area (Å²) in [6.07, 6.45) is 0.532. The molecule has 0 amide bonds. The van der Waals surface area contributed by atoms with E-state index in [2.05, 4.69) is 47.4 Å². The Hall–Kier alpha value is -3.07. The summed E-state index contributed by atoms with van der Waals surface area (Å²) in [4.78, 5) is 2.33. The van der Waals surface area contributed by atoms with Gasteiger partial charge in [-0.2, -0.15) is 0 Å². The molecule has 0 fully saturated rings. The molecule has 3 heteroatoms. The Labute approximate surface area is 182 Å². The lowest BCUT2D eigenvalue weighted by Gasteiger charge is -2.47. The van der Waals surface area contributed by atoms with Crippen LogP contribution in [0.15, 0.2) is 109 Å². The molecule has 0 aliphatic carbocycles. The van der Waals surface area contributed by atoms with Crippen molar-refractivity contribution >= 4 is 23.0 Å². The van der Waals surface area contributed by atoms with Crippen molar-refractivity contribution in [1.29, 1.82) is 0 Å². The van der Waals surface area contributed by atoms with E-state index >= 15 is 0 Å². The molecule has 0 spiro atoms. The topological polar surface area (TPSA) is 23.5 Å². The van der Waals surface area contributed by atoms with Gasteiger partial charge in [0.05, 0.1) is 6.04 Å². The van der Waals surface area contributed by atoms with E-state index < -0.39 is 5.60 Å². The van der Waals surface area contributed by atoms with Gasteiger partial charge in [-0.15, -0.1) is 0 Å². The van der Waals surface area contributed by atoms with Gasteiger partial charge in [0.15, 0.2) is 0 Å². The Kier molecular flexibility index (Phi) is 4.82. The van der Waals surface area contributed by atoms with E-state index in [4.69, 9.17) is 11.6 Å². The van der Waals surface area contributed by atoms with Crippen LogP contribution >= 0.6 is 11.6 Å². The third-order valence-electron chi connectivity index (χ3n) is 5.95. The van der Waals surface area contributed by atoms with Crippen molar-refractivity contribution in [2.45, 2.75) is 18.1 Å². The van der Waals surface area contributed by atoms with Crippen LogP contribution in [0, 0.1) is 0 Å². The highest BCUT2D eigenvalue weighted by Gasteiger charge is 2.44. The molecule has 1 aliphatic heterocycles. The third-order valence-corrected chi connectivity index (χ3v) is 6.20. The first-order chi connectivity index (χ1) is 14.7. The number of hydrogen-bond donors (Lipinski definition) is 1. The fraction of sp³-hybridized carbons (Fsp3) is 0.111. The highest BCUT2D eigenvalue weighted by Crippen LogP contribution is 2.52. The van der Waals surface area contributed by atoms with Gasteiger partial charge < -0.3 is 10.0 Å². The molecule has 4 aromatic carbocycles. The number of nitrogens with zero attached hydrogens (tertiary/aromatic N) is 1. The van der Waals surface area contributed by atoms with Crippen LogP contribution in [0.4, 0.5) is 11.4 Å². The fourth-order valence-electron chi connectivity index (χ4n) is 4.53. The second-order valence-corrected chi connectivity index (χ2v) is 8.16. The van der Waals surface area contributed by atoms with Gasteiger partial charge in [-0.05, 0) is 41.5 Å². The van der Waals surface area contributed by atoms with Crippen LogP contribution in [0.2, 0.25) is 5.02 Å². The van der Waals surface area contributed by atoms with Gasteiger partial charge in [0, 0.05) is 28.4 Å². The van der Waals surface area contributed by atoms with Crippen LogP contribution in [0.3, 0.4) is 0 Å². The zero-order valence-corrected chi connectivity index (χ0v) is 17.2. The lowest BCUT2D eigenvalue weighted by molar-refractivity contribution is 0.0578. The number of para-hydroxylation sites is 2. The number of aliphatic hydroxyl groups is 1. The minimum absolute atomic E-state index is 0.0511. The SMILES string of the molecule is O[C@]1(c2ccccc2)C[C@@H](c2ccc(Cl)cc2)N(c2ccccc2)c2ccccc21. The predicted octanol–water partition coefficient (Wildman–Crippen LogP) is 6.86. The van der Waals surface area contributed by atoms with Crippen molar-refractivity contribution in [2.24, 2.45) is 0 Å². The third kappa shape index (κ3) is 3.19. The van der Waals surface area contributed by atoms with Gasteiger partial charge in [-0.3, -0.25) is 0 Å². The van der Waals surface area contributed by atoms with Crippen LogP contribution in [0.25, 0.3) is 0 Å². The van der Waals surface area contributed by atoms with E-state index in [1.54, 1.807) is 0 Å². The zero-order chi connectivity index (χ0) is 20.6. The molecule has 0 saturated heterocycles. The fourth-order valence-corrected chi connectivity index (χ4v) is 4.66. The van der Waals surface area contributed by atoms with E-state index in [1.165, 1.54) is 0 Å². The highest BCUT2D eigenvalue weighted by atomic mass is 35.5. The summed E-state index contributed by atoms with van der Waals surface area (Å²) < 4.78 is 0. The first-order valence-corrected chi connectivity index (χ1v) is 10.5. The van der Waals surface area contributed by atoms with Crippen molar-refractivity contribution in [3.8, 4) is 0 Å². The lowest BCUT2D eigenvalue weighted by Crippen LogP contribution is -2.41. The molecule has 4 aromatic rings. The molecule has 0 radical (unpaired) electrons. The molecule has 0 bridgehead atoms. The van der Waals surface area contributed by atoms with Crippen LogP contribution in [0.5, 0.6) is 0 Å². The monoisotopic (exact) mass is 411 g/mol. The van der Waals surface area contributed by atoms with Gasteiger partial charge in [0.2, 0.25) is 0 Å². The van der Waals surface area contributed by atoms with Crippen molar-refractivity contribution < 1.29 is 5.11 Å². The lowest BCUT2D eigenvalue weighted by atomic mass is 9.75. The first kappa shape index (κ1) is 18.9. The smallest absolute Gasteiger partial charge is 0.119 e. The summed E-state index contributed by atoms with van der Waals surface area (Å²) >= 11 is 6.17.